The summed E-state index contributed by atoms with van der Waals surface area (Å²) >= 11 is 0. The van der Waals surface area contributed by atoms with Crippen molar-refractivity contribution in [3.05, 3.63) is 17.9 Å². The number of sulfonamides is 1. The van der Waals surface area contributed by atoms with Gasteiger partial charge in [-0.3, -0.25) is 4.72 Å². The lowest BCUT2D eigenvalue weighted by molar-refractivity contribution is 0.401. The summed E-state index contributed by atoms with van der Waals surface area (Å²) in [5.74, 6) is 1.42. The molecule has 0 amide bonds. The van der Waals surface area contributed by atoms with Crippen LogP contribution >= 0.6 is 0 Å². The van der Waals surface area contributed by atoms with Crippen LogP contribution < -0.4 is 10.0 Å². The van der Waals surface area contributed by atoms with Crippen molar-refractivity contribution in [1.82, 2.24) is 5.32 Å². The molecule has 2 N–H and O–H groups in total. The number of hydrogen-bond acceptors (Lipinski definition) is 4. The maximum Gasteiger partial charge on any atom is 0.235 e. The Kier molecular flexibility index (Phi) is 3.73. The molecule has 0 aromatic carbocycles. The maximum absolute atomic E-state index is 11.9. The molecule has 6 heteroatoms. The molecule has 0 unspecified atom stereocenters. The van der Waals surface area contributed by atoms with Crippen molar-refractivity contribution >= 4 is 15.9 Å². The number of aryl methyl sites for hydroxylation is 1. The van der Waals surface area contributed by atoms with Gasteiger partial charge in [0.15, 0.2) is 0 Å². The first-order valence-electron chi connectivity index (χ1n) is 5.83. The van der Waals surface area contributed by atoms with Crippen molar-refractivity contribution in [3.8, 4) is 0 Å². The molecule has 0 aliphatic carbocycles. The van der Waals surface area contributed by atoms with Crippen molar-refractivity contribution in [1.29, 1.82) is 0 Å². The number of rotatable bonds is 4. The zero-order valence-corrected chi connectivity index (χ0v) is 10.7. The molecule has 0 saturated carbocycles. The average Bonchev–Trinajstić information content (AvgIpc) is 2.63. The van der Waals surface area contributed by atoms with E-state index in [-0.39, 0.29) is 11.7 Å². The highest BCUT2D eigenvalue weighted by Gasteiger charge is 2.21. The van der Waals surface area contributed by atoms with Crippen molar-refractivity contribution in [3.63, 3.8) is 0 Å². The van der Waals surface area contributed by atoms with Gasteiger partial charge in [0, 0.05) is 6.07 Å². The number of piperidine rings is 1. The molecular formula is C11H18N2O3S. The molecule has 1 fully saturated rings. The molecule has 1 aromatic rings. The molecule has 2 rings (SSSR count). The van der Waals surface area contributed by atoms with Crippen LogP contribution in [0.4, 0.5) is 5.88 Å². The van der Waals surface area contributed by atoms with Gasteiger partial charge >= 0.3 is 0 Å². The number of anilines is 1. The fraction of sp³-hybridized carbons (Fsp3) is 0.636. The minimum atomic E-state index is -3.29. The molecule has 0 radical (unpaired) electrons. The lowest BCUT2D eigenvalue weighted by atomic mass is 10.0. The second-order valence-electron chi connectivity index (χ2n) is 4.49. The first kappa shape index (κ1) is 12.4. The van der Waals surface area contributed by atoms with Gasteiger partial charge in [-0.1, -0.05) is 0 Å². The predicted molar refractivity (Wildman–Crippen MR) is 66.4 cm³/mol. The molecular weight excluding hydrogens is 240 g/mol. The first-order chi connectivity index (χ1) is 8.05. The van der Waals surface area contributed by atoms with E-state index in [0.717, 1.165) is 25.9 Å². The third kappa shape index (κ3) is 3.74. The average molecular weight is 258 g/mol. The highest BCUT2D eigenvalue weighted by Crippen LogP contribution is 2.18. The van der Waals surface area contributed by atoms with Crippen LogP contribution in [0.3, 0.4) is 0 Å². The molecule has 1 saturated heterocycles. The van der Waals surface area contributed by atoms with Gasteiger partial charge in [0.25, 0.3) is 0 Å². The first-order valence-corrected chi connectivity index (χ1v) is 7.48. The molecule has 1 aliphatic heterocycles. The molecule has 96 valence electrons. The summed E-state index contributed by atoms with van der Waals surface area (Å²) in [6.07, 6.45) is 1.83. The van der Waals surface area contributed by atoms with Gasteiger partial charge in [-0.05, 0) is 44.8 Å². The molecule has 2 heterocycles. The Bertz CT molecular complexity index is 461. The third-order valence-corrected chi connectivity index (χ3v) is 4.33. The third-order valence-electron chi connectivity index (χ3n) is 2.91. The highest BCUT2D eigenvalue weighted by molar-refractivity contribution is 7.92. The van der Waals surface area contributed by atoms with Gasteiger partial charge in [-0.2, -0.15) is 0 Å². The van der Waals surface area contributed by atoms with Gasteiger partial charge in [-0.25, -0.2) is 8.42 Å². The summed E-state index contributed by atoms with van der Waals surface area (Å²) in [5, 5.41) is 3.22. The summed E-state index contributed by atoms with van der Waals surface area (Å²) in [6, 6.07) is 3.37. The van der Waals surface area contributed by atoms with Crippen molar-refractivity contribution < 1.29 is 12.8 Å². The van der Waals surface area contributed by atoms with Crippen LogP contribution in [0.2, 0.25) is 0 Å². The predicted octanol–water partition coefficient (Wildman–Crippen LogP) is 1.33. The second-order valence-corrected chi connectivity index (χ2v) is 6.25. The lowest BCUT2D eigenvalue weighted by Gasteiger charge is -2.22. The summed E-state index contributed by atoms with van der Waals surface area (Å²) in [7, 11) is -3.29. The number of hydrogen-bond donors (Lipinski definition) is 2. The van der Waals surface area contributed by atoms with Crippen LogP contribution in [0.1, 0.15) is 18.6 Å². The molecule has 0 bridgehead atoms. The second kappa shape index (κ2) is 5.10. The Morgan fingerprint density at radius 3 is 2.71 bits per heavy atom. The Hall–Kier alpha value is -1.01. The van der Waals surface area contributed by atoms with E-state index in [1.54, 1.807) is 19.1 Å². The minimum Gasteiger partial charge on any atom is -0.445 e. The Labute approximate surface area is 102 Å². The summed E-state index contributed by atoms with van der Waals surface area (Å²) < 4.78 is 31.4. The van der Waals surface area contributed by atoms with Crippen molar-refractivity contribution in [2.24, 2.45) is 5.92 Å². The van der Waals surface area contributed by atoms with E-state index < -0.39 is 10.0 Å². The molecule has 0 atom stereocenters. The fourth-order valence-corrected chi connectivity index (χ4v) is 3.50. The smallest absolute Gasteiger partial charge is 0.235 e. The van der Waals surface area contributed by atoms with Crippen LogP contribution in [0.5, 0.6) is 0 Å². The van der Waals surface area contributed by atoms with E-state index in [1.165, 1.54) is 0 Å². The van der Waals surface area contributed by atoms with E-state index >= 15 is 0 Å². The monoisotopic (exact) mass is 258 g/mol. The normalized spacial score (nSPS) is 18.2. The van der Waals surface area contributed by atoms with Gasteiger partial charge in [0.2, 0.25) is 15.9 Å². The van der Waals surface area contributed by atoms with E-state index in [0.29, 0.717) is 11.6 Å². The Morgan fingerprint density at radius 1 is 1.41 bits per heavy atom. The standard InChI is InChI=1S/C11H18N2O3S/c1-9-2-3-11(16-9)13-17(14,15)8-10-4-6-12-7-5-10/h2-3,10,12-13H,4-8H2,1H3. The molecule has 1 aromatic heterocycles. The molecule has 0 spiro atoms. The van der Waals surface area contributed by atoms with Gasteiger partial charge in [0.1, 0.15) is 5.76 Å². The van der Waals surface area contributed by atoms with Crippen LogP contribution in [-0.4, -0.2) is 27.3 Å². The molecule has 17 heavy (non-hydrogen) atoms. The molecule has 5 nitrogen and oxygen atoms in total. The van der Waals surface area contributed by atoms with Gasteiger partial charge < -0.3 is 9.73 Å². The van der Waals surface area contributed by atoms with E-state index in [4.69, 9.17) is 4.42 Å². The lowest BCUT2D eigenvalue weighted by Crippen LogP contribution is -2.32. The largest absolute Gasteiger partial charge is 0.445 e. The summed E-state index contributed by atoms with van der Waals surface area (Å²) in [5.41, 5.74) is 0. The molecule has 1 aliphatic rings. The zero-order chi connectivity index (χ0) is 12.3. The van der Waals surface area contributed by atoms with Crippen molar-refractivity contribution in [2.45, 2.75) is 19.8 Å². The van der Waals surface area contributed by atoms with E-state index in [9.17, 15) is 8.42 Å². The van der Waals surface area contributed by atoms with Crippen molar-refractivity contribution in [2.75, 3.05) is 23.6 Å². The summed E-state index contributed by atoms with van der Waals surface area (Å²) in [4.78, 5) is 0. The topological polar surface area (TPSA) is 71.3 Å². The number of nitrogens with one attached hydrogen (secondary N) is 2. The fourth-order valence-electron chi connectivity index (χ4n) is 2.04. The van der Waals surface area contributed by atoms with Gasteiger partial charge in [-0.15, -0.1) is 0 Å². The maximum atomic E-state index is 11.9. The number of furan rings is 1. The van der Waals surface area contributed by atoms with E-state index in [2.05, 4.69) is 10.0 Å². The van der Waals surface area contributed by atoms with Gasteiger partial charge in [0.05, 0.1) is 5.75 Å². The Morgan fingerprint density at radius 2 is 2.12 bits per heavy atom. The quantitative estimate of drug-likeness (QED) is 0.854. The Balaban J connectivity index is 1.94. The highest BCUT2D eigenvalue weighted by atomic mass is 32.2. The zero-order valence-electron chi connectivity index (χ0n) is 9.90. The van der Waals surface area contributed by atoms with Crippen LogP contribution in [0.15, 0.2) is 16.5 Å². The summed E-state index contributed by atoms with van der Waals surface area (Å²) in [6.45, 7) is 3.59. The van der Waals surface area contributed by atoms with Crippen LogP contribution in [0, 0.1) is 12.8 Å². The van der Waals surface area contributed by atoms with Crippen LogP contribution in [0.25, 0.3) is 0 Å². The SMILES string of the molecule is Cc1ccc(NS(=O)(=O)CC2CCNCC2)o1. The van der Waals surface area contributed by atoms with E-state index in [1.807, 2.05) is 0 Å². The minimum absolute atomic E-state index is 0.175. The van der Waals surface area contributed by atoms with Crippen LogP contribution in [-0.2, 0) is 10.0 Å².